The molecule has 174 valence electrons. The second kappa shape index (κ2) is 9.65. The summed E-state index contributed by atoms with van der Waals surface area (Å²) in [5.41, 5.74) is 6.05. The largest absolute Gasteiger partial charge is 0.496 e. The molecule has 1 heterocycles. The van der Waals surface area contributed by atoms with E-state index in [4.69, 9.17) is 19.9 Å². The number of nitrogens with zero attached hydrogens (tertiary/aromatic N) is 1. The van der Waals surface area contributed by atoms with Crippen molar-refractivity contribution in [2.45, 2.75) is 6.92 Å². The third-order valence-electron chi connectivity index (χ3n) is 4.59. The van der Waals surface area contributed by atoms with Crippen LogP contribution in [0.3, 0.4) is 0 Å². The molecule has 0 radical (unpaired) electrons. The Bertz CT molecular complexity index is 1350. The minimum atomic E-state index is -3.53. The van der Waals surface area contributed by atoms with Gasteiger partial charge >= 0.3 is 6.09 Å². The molecule has 0 saturated carbocycles. The van der Waals surface area contributed by atoms with Gasteiger partial charge in [0.1, 0.15) is 23.0 Å². The van der Waals surface area contributed by atoms with E-state index in [1.165, 1.54) is 36.8 Å². The molecule has 0 bridgehead atoms. The summed E-state index contributed by atoms with van der Waals surface area (Å²) in [6, 6.07) is 12.3. The van der Waals surface area contributed by atoms with Gasteiger partial charge < -0.3 is 24.5 Å². The van der Waals surface area contributed by atoms with Crippen LogP contribution in [0.2, 0.25) is 0 Å². The van der Waals surface area contributed by atoms with E-state index in [9.17, 15) is 18.0 Å². The van der Waals surface area contributed by atoms with Gasteiger partial charge in [-0.05, 0) is 37.3 Å². The molecule has 0 fully saturated rings. The second-order valence-corrected chi connectivity index (χ2v) is 8.93. The van der Waals surface area contributed by atoms with Gasteiger partial charge in [0.05, 0.1) is 12.9 Å². The lowest BCUT2D eigenvalue weighted by Crippen LogP contribution is -2.16. The Balaban J connectivity index is 2.14. The number of nitrogens with two attached hydrogens (primary N) is 1. The fraction of sp³-hybridized carbons (Fsp3) is 0.182. The van der Waals surface area contributed by atoms with Crippen LogP contribution in [-0.4, -0.2) is 31.9 Å². The maximum atomic E-state index is 12.1. The minimum absolute atomic E-state index is 0.101. The SMILES string of the molecule is CCS(=O)(=O)Nc1ccc(Oc2cccc(OC(N)=O)c2)c(-c2cn(C)c(=O)cc2OC)c1. The zero-order valence-electron chi connectivity index (χ0n) is 18.2. The average Bonchev–Trinajstić information content (AvgIpc) is 2.76. The van der Waals surface area contributed by atoms with Crippen molar-refractivity contribution < 1.29 is 27.4 Å². The lowest BCUT2D eigenvalue weighted by molar-refractivity contribution is 0.211. The number of primary amides is 1. The van der Waals surface area contributed by atoms with Crippen LogP contribution in [0.1, 0.15) is 6.92 Å². The molecule has 3 aromatic rings. The third kappa shape index (κ3) is 5.83. The highest BCUT2D eigenvalue weighted by Gasteiger charge is 2.17. The summed E-state index contributed by atoms with van der Waals surface area (Å²) >= 11 is 0. The van der Waals surface area contributed by atoms with Crippen molar-refractivity contribution in [3.63, 3.8) is 0 Å². The van der Waals surface area contributed by atoms with Crippen molar-refractivity contribution in [2.75, 3.05) is 17.6 Å². The van der Waals surface area contributed by atoms with Crippen LogP contribution in [0, 0.1) is 0 Å². The number of carbonyl (C=O) groups excluding carboxylic acids is 1. The predicted molar refractivity (Wildman–Crippen MR) is 123 cm³/mol. The lowest BCUT2D eigenvalue weighted by atomic mass is 10.0. The monoisotopic (exact) mass is 473 g/mol. The second-order valence-electron chi connectivity index (χ2n) is 6.92. The fourth-order valence-electron chi connectivity index (χ4n) is 2.97. The number of hydrogen-bond donors (Lipinski definition) is 2. The van der Waals surface area contributed by atoms with Crippen LogP contribution in [-0.2, 0) is 17.1 Å². The molecule has 0 atom stereocenters. The fourth-order valence-corrected chi connectivity index (χ4v) is 3.60. The van der Waals surface area contributed by atoms with Gasteiger partial charge in [0.2, 0.25) is 10.0 Å². The molecule has 1 aromatic heterocycles. The number of sulfonamides is 1. The molecule has 10 nitrogen and oxygen atoms in total. The van der Waals surface area contributed by atoms with Crippen LogP contribution in [0.25, 0.3) is 11.1 Å². The molecule has 33 heavy (non-hydrogen) atoms. The molecule has 0 unspecified atom stereocenters. The van der Waals surface area contributed by atoms with E-state index >= 15 is 0 Å². The number of pyridine rings is 1. The number of carbonyl (C=O) groups is 1. The van der Waals surface area contributed by atoms with Crippen molar-refractivity contribution in [3.8, 4) is 34.1 Å². The summed E-state index contributed by atoms with van der Waals surface area (Å²) in [5, 5.41) is 0. The molecule has 11 heteroatoms. The predicted octanol–water partition coefficient (Wildman–Crippen LogP) is 3.07. The highest BCUT2D eigenvalue weighted by Crippen LogP contribution is 2.40. The summed E-state index contributed by atoms with van der Waals surface area (Å²) < 4.78 is 44.3. The molecule has 0 saturated heterocycles. The van der Waals surface area contributed by atoms with Gasteiger partial charge in [-0.25, -0.2) is 13.2 Å². The molecule has 3 rings (SSSR count). The van der Waals surface area contributed by atoms with Crippen LogP contribution < -0.4 is 30.2 Å². The van der Waals surface area contributed by atoms with Gasteiger partial charge in [0, 0.05) is 42.2 Å². The summed E-state index contributed by atoms with van der Waals surface area (Å²) in [6.07, 6.45) is 0.601. The molecule has 0 aliphatic carbocycles. The number of methoxy groups -OCH3 is 1. The van der Waals surface area contributed by atoms with Crippen molar-refractivity contribution in [1.29, 1.82) is 0 Å². The normalized spacial score (nSPS) is 11.0. The Morgan fingerprint density at radius 3 is 2.45 bits per heavy atom. The summed E-state index contributed by atoms with van der Waals surface area (Å²) in [4.78, 5) is 23.1. The number of hydrogen-bond acceptors (Lipinski definition) is 7. The van der Waals surface area contributed by atoms with Crippen molar-refractivity contribution in [2.24, 2.45) is 12.8 Å². The van der Waals surface area contributed by atoms with E-state index in [1.807, 2.05) is 0 Å². The van der Waals surface area contributed by atoms with Crippen LogP contribution in [0.5, 0.6) is 23.0 Å². The standard InChI is InChI=1S/C22H23N3O7S/c1-4-33(28,29)24-14-8-9-19(31-15-6-5-7-16(11-15)32-22(23)27)17(10-14)18-13-25(2)21(26)12-20(18)30-3/h5-13,24H,4H2,1-3H3,(H2,23,27). The number of rotatable bonds is 8. The first kappa shape index (κ1) is 23.7. The highest BCUT2D eigenvalue weighted by molar-refractivity contribution is 7.92. The number of anilines is 1. The summed E-state index contributed by atoms with van der Waals surface area (Å²) in [5.74, 6) is 1.04. The number of benzene rings is 2. The van der Waals surface area contributed by atoms with Crippen LogP contribution in [0.15, 0.2) is 59.5 Å². The van der Waals surface area contributed by atoms with E-state index in [1.54, 1.807) is 43.6 Å². The van der Waals surface area contributed by atoms with Gasteiger partial charge in [-0.15, -0.1) is 0 Å². The number of nitrogens with one attached hydrogen (secondary N) is 1. The maximum Gasteiger partial charge on any atom is 0.409 e. The molecule has 0 spiro atoms. The third-order valence-corrected chi connectivity index (χ3v) is 5.89. The van der Waals surface area contributed by atoms with E-state index in [-0.39, 0.29) is 22.8 Å². The topological polar surface area (TPSA) is 139 Å². The number of ether oxygens (including phenoxy) is 3. The van der Waals surface area contributed by atoms with E-state index in [2.05, 4.69) is 4.72 Å². The highest BCUT2D eigenvalue weighted by atomic mass is 32.2. The van der Waals surface area contributed by atoms with Crippen molar-refractivity contribution in [3.05, 3.63) is 65.1 Å². The van der Waals surface area contributed by atoms with Gasteiger partial charge in [-0.1, -0.05) is 6.07 Å². The number of amides is 1. The Morgan fingerprint density at radius 1 is 1.06 bits per heavy atom. The van der Waals surface area contributed by atoms with Crippen LogP contribution >= 0.6 is 0 Å². The van der Waals surface area contributed by atoms with E-state index in [0.29, 0.717) is 28.3 Å². The minimum Gasteiger partial charge on any atom is -0.496 e. The summed E-state index contributed by atoms with van der Waals surface area (Å²) in [7, 11) is -0.521. The molecule has 0 aliphatic heterocycles. The molecular formula is C22H23N3O7S. The summed E-state index contributed by atoms with van der Waals surface area (Å²) in [6.45, 7) is 1.53. The van der Waals surface area contributed by atoms with Gasteiger partial charge in [-0.3, -0.25) is 9.52 Å². The Kier molecular flexibility index (Phi) is 6.92. The zero-order valence-corrected chi connectivity index (χ0v) is 19.0. The first-order chi connectivity index (χ1) is 15.6. The molecule has 0 aliphatic rings. The van der Waals surface area contributed by atoms with E-state index in [0.717, 1.165) is 0 Å². The van der Waals surface area contributed by atoms with Crippen molar-refractivity contribution >= 4 is 21.8 Å². The Hall–Kier alpha value is -3.99. The first-order valence-corrected chi connectivity index (χ1v) is 11.4. The number of aryl methyl sites for hydroxylation is 1. The Labute approximate surface area is 190 Å². The molecule has 2 aromatic carbocycles. The zero-order chi connectivity index (χ0) is 24.2. The van der Waals surface area contributed by atoms with Gasteiger partial charge in [-0.2, -0.15) is 0 Å². The molecular weight excluding hydrogens is 450 g/mol. The van der Waals surface area contributed by atoms with Gasteiger partial charge in [0.25, 0.3) is 5.56 Å². The molecule has 1 amide bonds. The van der Waals surface area contributed by atoms with Gasteiger partial charge in [0.15, 0.2) is 0 Å². The van der Waals surface area contributed by atoms with Crippen molar-refractivity contribution in [1.82, 2.24) is 4.57 Å². The average molecular weight is 474 g/mol. The van der Waals surface area contributed by atoms with E-state index < -0.39 is 16.1 Å². The number of aromatic nitrogens is 1. The molecule has 3 N–H and O–H groups in total. The first-order valence-electron chi connectivity index (χ1n) is 9.76. The van der Waals surface area contributed by atoms with Crippen LogP contribution in [0.4, 0.5) is 10.5 Å². The maximum absolute atomic E-state index is 12.1. The lowest BCUT2D eigenvalue weighted by Gasteiger charge is -2.17. The smallest absolute Gasteiger partial charge is 0.409 e. The Morgan fingerprint density at radius 2 is 1.79 bits per heavy atom. The quantitative estimate of drug-likeness (QED) is 0.512.